The average Bonchev–Trinajstić information content (AvgIpc) is 2.79. The van der Waals surface area contributed by atoms with Crippen LogP contribution >= 0.6 is 11.6 Å². The Kier molecular flexibility index (Phi) is 7.15. The molecular formula is C24H23ClN2O4. The molecule has 2 amide bonds. The number of nitrogens with one attached hydrogen (secondary N) is 2. The number of hydrogen-bond donors (Lipinski definition) is 2. The second-order valence-electron chi connectivity index (χ2n) is 6.80. The first-order valence-corrected chi connectivity index (χ1v) is 10.00. The number of halogens is 1. The summed E-state index contributed by atoms with van der Waals surface area (Å²) in [5.74, 6) is -0.0462. The summed E-state index contributed by atoms with van der Waals surface area (Å²) < 4.78 is 10.5. The Morgan fingerprint density at radius 3 is 2.26 bits per heavy atom. The van der Waals surface area contributed by atoms with Crippen molar-refractivity contribution in [2.24, 2.45) is 0 Å². The molecule has 1 atom stereocenters. The highest BCUT2D eigenvalue weighted by atomic mass is 35.5. The summed E-state index contributed by atoms with van der Waals surface area (Å²) in [6, 6.07) is 19.3. The van der Waals surface area contributed by atoms with E-state index in [1.807, 2.05) is 37.3 Å². The minimum Gasteiger partial charge on any atom is -0.493 e. The van der Waals surface area contributed by atoms with Crippen LogP contribution in [0.3, 0.4) is 0 Å². The zero-order chi connectivity index (χ0) is 22.4. The first kappa shape index (κ1) is 22.2. The van der Waals surface area contributed by atoms with E-state index in [0.29, 0.717) is 22.7 Å². The predicted octanol–water partition coefficient (Wildman–Crippen LogP) is 5.10. The lowest BCUT2D eigenvalue weighted by Crippen LogP contribution is -2.28. The van der Waals surface area contributed by atoms with Crippen LogP contribution in [0.2, 0.25) is 5.02 Å². The van der Waals surface area contributed by atoms with E-state index in [2.05, 4.69) is 10.6 Å². The molecule has 0 aliphatic heterocycles. The second-order valence-corrected chi connectivity index (χ2v) is 7.21. The molecule has 7 heteroatoms. The van der Waals surface area contributed by atoms with Gasteiger partial charge in [-0.1, -0.05) is 54.1 Å². The monoisotopic (exact) mass is 438 g/mol. The molecule has 0 aliphatic rings. The number of carbonyl (C=O) groups excluding carboxylic acids is 2. The van der Waals surface area contributed by atoms with Crippen LogP contribution in [-0.2, 0) is 0 Å². The fraction of sp³-hybridized carbons (Fsp3) is 0.167. The van der Waals surface area contributed by atoms with Crippen LogP contribution in [0.1, 0.15) is 39.2 Å². The van der Waals surface area contributed by atoms with Gasteiger partial charge in [-0.15, -0.1) is 0 Å². The minimum atomic E-state index is -0.431. The first-order valence-electron chi connectivity index (χ1n) is 9.62. The standard InChI is InChI=1S/C24H23ClN2O4/c1-15(16-9-5-4-6-10-16)26-24(29)18-11-7-8-12-20(18)27-23(28)17-13-19(25)22(31-3)21(14-17)30-2/h4-15H,1-3H3,(H,26,29)(H,27,28). The van der Waals surface area contributed by atoms with Crippen molar-refractivity contribution in [3.63, 3.8) is 0 Å². The molecule has 6 nitrogen and oxygen atoms in total. The van der Waals surface area contributed by atoms with E-state index >= 15 is 0 Å². The Bertz CT molecular complexity index is 1090. The Labute approximate surface area is 186 Å². The van der Waals surface area contributed by atoms with E-state index in [1.165, 1.54) is 26.4 Å². The van der Waals surface area contributed by atoms with Crippen molar-refractivity contribution in [3.8, 4) is 11.5 Å². The van der Waals surface area contributed by atoms with E-state index in [-0.39, 0.29) is 22.5 Å². The predicted molar refractivity (Wildman–Crippen MR) is 121 cm³/mol. The number of methoxy groups -OCH3 is 2. The normalized spacial score (nSPS) is 11.4. The van der Waals surface area contributed by atoms with Gasteiger partial charge in [-0.05, 0) is 36.8 Å². The third kappa shape index (κ3) is 5.16. The van der Waals surface area contributed by atoms with Gasteiger partial charge in [0.1, 0.15) is 0 Å². The maximum atomic E-state index is 12.9. The lowest BCUT2D eigenvalue weighted by molar-refractivity contribution is 0.0940. The average molecular weight is 439 g/mol. The molecule has 0 spiro atoms. The third-order valence-electron chi connectivity index (χ3n) is 4.76. The lowest BCUT2D eigenvalue weighted by atomic mass is 10.1. The summed E-state index contributed by atoms with van der Waals surface area (Å²) in [5.41, 5.74) is 1.99. The highest BCUT2D eigenvalue weighted by Crippen LogP contribution is 2.36. The molecule has 0 aliphatic carbocycles. The summed E-state index contributed by atoms with van der Waals surface area (Å²) in [6.07, 6.45) is 0. The quantitative estimate of drug-likeness (QED) is 0.538. The number of benzene rings is 3. The van der Waals surface area contributed by atoms with Crippen molar-refractivity contribution in [2.75, 3.05) is 19.5 Å². The summed E-state index contributed by atoms with van der Waals surface area (Å²) in [4.78, 5) is 25.7. The number of hydrogen-bond acceptors (Lipinski definition) is 4. The number of amides is 2. The van der Waals surface area contributed by atoms with Gasteiger partial charge in [-0.25, -0.2) is 0 Å². The first-order chi connectivity index (χ1) is 14.9. The lowest BCUT2D eigenvalue weighted by Gasteiger charge is -2.17. The van der Waals surface area contributed by atoms with Gasteiger partial charge in [0.25, 0.3) is 11.8 Å². The van der Waals surface area contributed by atoms with Gasteiger partial charge < -0.3 is 20.1 Å². The molecular weight excluding hydrogens is 416 g/mol. The zero-order valence-electron chi connectivity index (χ0n) is 17.4. The van der Waals surface area contributed by atoms with Gasteiger partial charge >= 0.3 is 0 Å². The van der Waals surface area contributed by atoms with E-state index in [4.69, 9.17) is 21.1 Å². The largest absolute Gasteiger partial charge is 0.493 e. The Morgan fingerprint density at radius 1 is 0.903 bits per heavy atom. The number of ether oxygens (including phenoxy) is 2. The molecule has 1 unspecified atom stereocenters. The summed E-state index contributed by atoms with van der Waals surface area (Å²) in [6.45, 7) is 1.90. The number of carbonyl (C=O) groups is 2. The van der Waals surface area contributed by atoms with Gasteiger partial charge in [0.15, 0.2) is 11.5 Å². The molecule has 0 aromatic heterocycles. The maximum absolute atomic E-state index is 12.9. The molecule has 0 fully saturated rings. The fourth-order valence-electron chi connectivity index (χ4n) is 3.13. The van der Waals surface area contributed by atoms with Gasteiger partial charge in [-0.2, -0.15) is 0 Å². The molecule has 31 heavy (non-hydrogen) atoms. The van der Waals surface area contributed by atoms with Crippen molar-refractivity contribution in [1.82, 2.24) is 5.32 Å². The fourth-order valence-corrected chi connectivity index (χ4v) is 3.42. The van der Waals surface area contributed by atoms with Crippen molar-refractivity contribution in [2.45, 2.75) is 13.0 Å². The SMILES string of the molecule is COc1cc(C(=O)Nc2ccccc2C(=O)NC(C)c2ccccc2)cc(Cl)c1OC. The van der Waals surface area contributed by atoms with E-state index in [9.17, 15) is 9.59 Å². The van der Waals surface area contributed by atoms with Crippen molar-refractivity contribution < 1.29 is 19.1 Å². The van der Waals surface area contributed by atoms with Crippen LogP contribution in [0, 0.1) is 0 Å². The summed E-state index contributed by atoms with van der Waals surface area (Å²) >= 11 is 6.21. The molecule has 160 valence electrons. The van der Waals surface area contributed by atoms with Crippen LogP contribution in [0.5, 0.6) is 11.5 Å². The maximum Gasteiger partial charge on any atom is 0.255 e. The zero-order valence-corrected chi connectivity index (χ0v) is 18.2. The molecule has 3 aromatic rings. The number of anilines is 1. The van der Waals surface area contributed by atoms with Gasteiger partial charge in [0, 0.05) is 5.56 Å². The van der Waals surface area contributed by atoms with E-state index < -0.39 is 5.91 Å². The van der Waals surface area contributed by atoms with Crippen LogP contribution in [0.25, 0.3) is 0 Å². The number of rotatable bonds is 7. The minimum absolute atomic E-state index is 0.192. The number of para-hydroxylation sites is 1. The summed E-state index contributed by atoms with van der Waals surface area (Å²) in [5, 5.41) is 5.99. The molecule has 0 radical (unpaired) electrons. The van der Waals surface area contributed by atoms with Crippen LogP contribution in [-0.4, -0.2) is 26.0 Å². The smallest absolute Gasteiger partial charge is 0.255 e. The molecule has 0 saturated carbocycles. The van der Waals surface area contributed by atoms with Gasteiger partial charge in [0.2, 0.25) is 0 Å². The molecule has 3 rings (SSSR count). The van der Waals surface area contributed by atoms with Gasteiger partial charge in [-0.3, -0.25) is 9.59 Å². The second kappa shape index (κ2) is 10.00. The molecule has 0 heterocycles. The summed E-state index contributed by atoms with van der Waals surface area (Å²) in [7, 11) is 2.93. The molecule has 0 bridgehead atoms. The highest BCUT2D eigenvalue weighted by molar-refractivity contribution is 6.32. The van der Waals surface area contributed by atoms with Crippen LogP contribution < -0.4 is 20.1 Å². The van der Waals surface area contributed by atoms with Crippen molar-refractivity contribution in [1.29, 1.82) is 0 Å². The van der Waals surface area contributed by atoms with E-state index in [1.54, 1.807) is 24.3 Å². The molecule has 0 saturated heterocycles. The van der Waals surface area contributed by atoms with Crippen molar-refractivity contribution >= 4 is 29.1 Å². The van der Waals surface area contributed by atoms with Crippen molar-refractivity contribution in [3.05, 3.63) is 88.4 Å². The van der Waals surface area contributed by atoms with E-state index in [0.717, 1.165) is 5.56 Å². The highest BCUT2D eigenvalue weighted by Gasteiger charge is 2.19. The Morgan fingerprint density at radius 2 is 1.58 bits per heavy atom. The molecule has 2 N–H and O–H groups in total. The third-order valence-corrected chi connectivity index (χ3v) is 5.04. The van der Waals surface area contributed by atoms with Gasteiger partial charge in [0.05, 0.1) is 36.5 Å². The molecule has 3 aromatic carbocycles. The Hall–Kier alpha value is -3.51. The Balaban J connectivity index is 1.81. The topological polar surface area (TPSA) is 76.7 Å². The van der Waals surface area contributed by atoms with Crippen LogP contribution in [0.4, 0.5) is 5.69 Å². The van der Waals surface area contributed by atoms with Crippen LogP contribution in [0.15, 0.2) is 66.7 Å².